The van der Waals surface area contributed by atoms with Crippen molar-refractivity contribution in [3.8, 4) is 0 Å². The number of para-hydroxylation sites is 1. The van der Waals surface area contributed by atoms with Crippen LogP contribution < -0.4 is 4.90 Å². The van der Waals surface area contributed by atoms with E-state index >= 15 is 0 Å². The molecule has 0 unspecified atom stereocenters. The van der Waals surface area contributed by atoms with E-state index in [1.807, 2.05) is 29.2 Å². The summed E-state index contributed by atoms with van der Waals surface area (Å²) in [6.07, 6.45) is 1.83. The average molecular weight is 469 g/mol. The molecule has 30 heavy (non-hydrogen) atoms. The predicted octanol–water partition coefficient (Wildman–Crippen LogP) is 4.41. The van der Waals surface area contributed by atoms with Gasteiger partial charge in [0.25, 0.3) is 0 Å². The van der Waals surface area contributed by atoms with E-state index in [1.54, 1.807) is 11.8 Å². The monoisotopic (exact) mass is 468 g/mol. The number of benzene rings is 2. The minimum Gasteiger partial charge on any atom is -0.311 e. The Morgan fingerprint density at radius 2 is 1.83 bits per heavy atom. The molecule has 0 radical (unpaired) electrons. The van der Waals surface area contributed by atoms with Gasteiger partial charge in [0.1, 0.15) is 5.82 Å². The molecule has 2 aromatic carbocycles. The first-order chi connectivity index (χ1) is 14.4. The lowest BCUT2D eigenvalue weighted by atomic mass is 9.96. The lowest BCUT2D eigenvalue weighted by Gasteiger charge is -2.33. The van der Waals surface area contributed by atoms with E-state index in [0.717, 1.165) is 34.9 Å². The lowest BCUT2D eigenvalue weighted by Crippen LogP contribution is -2.44. The Morgan fingerprint density at radius 1 is 1.10 bits per heavy atom. The summed E-state index contributed by atoms with van der Waals surface area (Å²) in [5.41, 5.74) is 0.945. The summed E-state index contributed by atoms with van der Waals surface area (Å²) in [6, 6.07) is 11.3. The fourth-order valence-corrected chi connectivity index (χ4v) is 6.64. The summed E-state index contributed by atoms with van der Waals surface area (Å²) < 4.78 is 40.5. The van der Waals surface area contributed by atoms with E-state index in [4.69, 9.17) is 11.6 Å². The van der Waals surface area contributed by atoms with E-state index in [2.05, 4.69) is 0 Å². The van der Waals surface area contributed by atoms with Gasteiger partial charge in [0.15, 0.2) is 0 Å². The molecular weight excluding hydrogens is 447 g/mol. The fraction of sp³-hybridized carbons (Fsp3) is 0.381. The van der Waals surface area contributed by atoms with Gasteiger partial charge in [-0.05, 0) is 55.3 Å². The Morgan fingerprint density at radius 3 is 2.57 bits per heavy atom. The normalized spacial score (nSPS) is 18.7. The molecule has 9 heteroatoms. The van der Waals surface area contributed by atoms with Gasteiger partial charge in [-0.3, -0.25) is 4.79 Å². The van der Waals surface area contributed by atoms with Crippen LogP contribution in [0.15, 0.2) is 52.3 Å². The number of hydrogen-bond acceptors (Lipinski definition) is 4. The molecule has 160 valence electrons. The van der Waals surface area contributed by atoms with Crippen molar-refractivity contribution in [3.05, 3.63) is 53.3 Å². The second-order valence-corrected chi connectivity index (χ2v) is 10.9. The summed E-state index contributed by atoms with van der Waals surface area (Å²) in [5.74, 6) is 0.157. The van der Waals surface area contributed by atoms with Crippen molar-refractivity contribution in [2.45, 2.75) is 29.1 Å². The van der Waals surface area contributed by atoms with Gasteiger partial charge in [0, 0.05) is 30.4 Å². The highest BCUT2D eigenvalue weighted by atomic mass is 35.5. The topological polar surface area (TPSA) is 57.7 Å². The van der Waals surface area contributed by atoms with E-state index in [-0.39, 0.29) is 34.8 Å². The van der Waals surface area contributed by atoms with Crippen LogP contribution >= 0.6 is 23.4 Å². The third kappa shape index (κ3) is 4.23. The zero-order valence-corrected chi connectivity index (χ0v) is 18.6. The molecule has 2 heterocycles. The van der Waals surface area contributed by atoms with Gasteiger partial charge < -0.3 is 4.90 Å². The maximum Gasteiger partial charge on any atom is 0.243 e. The number of halogens is 2. The SMILES string of the molecule is O=C(C1CCN(S(=O)(=O)c2ccc(F)c(Cl)c2)CC1)N1CCCSc2ccccc21. The van der Waals surface area contributed by atoms with Crippen LogP contribution in [0.1, 0.15) is 19.3 Å². The summed E-state index contributed by atoms with van der Waals surface area (Å²) >= 11 is 7.52. The van der Waals surface area contributed by atoms with Crippen molar-refractivity contribution in [2.24, 2.45) is 5.92 Å². The Bertz CT molecular complexity index is 1060. The van der Waals surface area contributed by atoms with Crippen molar-refractivity contribution in [1.29, 1.82) is 0 Å². The Kier molecular flexibility index (Phi) is 6.39. The van der Waals surface area contributed by atoms with Gasteiger partial charge in [0.2, 0.25) is 15.9 Å². The minimum atomic E-state index is -3.78. The zero-order chi connectivity index (χ0) is 21.3. The van der Waals surface area contributed by atoms with Crippen molar-refractivity contribution in [1.82, 2.24) is 4.31 Å². The maximum atomic E-state index is 13.4. The first kappa shape index (κ1) is 21.6. The van der Waals surface area contributed by atoms with Gasteiger partial charge in [-0.2, -0.15) is 4.31 Å². The molecule has 5 nitrogen and oxygen atoms in total. The molecule has 0 aromatic heterocycles. The highest BCUT2D eigenvalue weighted by Gasteiger charge is 2.35. The molecule has 0 bridgehead atoms. The third-order valence-electron chi connectivity index (χ3n) is 5.54. The maximum absolute atomic E-state index is 13.4. The second kappa shape index (κ2) is 8.86. The number of thioether (sulfide) groups is 1. The van der Waals surface area contributed by atoms with Crippen LogP contribution in [-0.2, 0) is 14.8 Å². The number of amides is 1. The van der Waals surface area contributed by atoms with E-state index in [1.165, 1.54) is 10.4 Å². The van der Waals surface area contributed by atoms with Crippen molar-refractivity contribution in [2.75, 3.05) is 30.3 Å². The van der Waals surface area contributed by atoms with Gasteiger partial charge in [-0.15, -0.1) is 11.8 Å². The number of hydrogen-bond donors (Lipinski definition) is 0. The summed E-state index contributed by atoms with van der Waals surface area (Å²) in [5, 5.41) is -0.223. The highest BCUT2D eigenvalue weighted by Crippen LogP contribution is 2.35. The number of nitrogens with zero attached hydrogens (tertiary/aromatic N) is 2. The molecular formula is C21H22ClFN2O3S2. The molecule has 1 saturated heterocycles. The molecule has 2 aromatic rings. The van der Waals surface area contributed by atoms with Gasteiger partial charge in [-0.25, -0.2) is 12.8 Å². The largest absolute Gasteiger partial charge is 0.311 e. The number of sulfonamides is 1. The van der Waals surface area contributed by atoms with Gasteiger partial charge in [-0.1, -0.05) is 23.7 Å². The smallest absolute Gasteiger partial charge is 0.243 e. The minimum absolute atomic E-state index is 0.0304. The van der Waals surface area contributed by atoms with Crippen LogP contribution in [0, 0.1) is 11.7 Å². The quantitative estimate of drug-likeness (QED) is 0.669. The molecule has 2 aliphatic rings. The van der Waals surface area contributed by atoms with E-state index in [9.17, 15) is 17.6 Å². The molecule has 1 fully saturated rings. The molecule has 0 N–H and O–H groups in total. The molecule has 0 saturated carbocycles. The standard InChI is InChI=1S/C21H22ClFN2O3S2/c22-17-14-16(6-7-18(17)23)30(27,28)24-11-8-15(9-12-24)21(26)25-10-3-13-29-20-5-2-1-4-19(20)25/h1-2,4-7,14-15H,3,8-13H2. The number of rotatable bonds is 3. The van der Waals surface area contributed by atoms with Crippen LogP contribution in [0.3, 0.4) is 0 Å². The zero-order valence-electron chi connectivity index (χ0n) is 16.3. The Balaban J connectivity index is 1.47. The summed E-state index contributed by atoms with van der Waals surface area (Å²) in [4.78, 5) is 16.2. The van der Waals surface area contributed by atoms with Crippen molar-refractivity contribution in [3.63, 3.8) is 0 Å². The second-order valence-electron chi connectivity index (χ2n) is 7.41. The molecule has 1 amide bonds. The predicted molar refractivity (Wildman–Crippen MR) is 117 cm³/mol. The molecule has 0 aliphatic carbocycles. The van der Waals surface area contributed by atoms with Crippen LogP contribution in [0.5, 0.6) is 0 Å². The van der Waals surface area contributed by atoms with Crippen LogP contribution in [0.2, 0.25) is 5.02 Å². The Hall–Kier alpha value is -1.61. The highest BCUT2D eigenvalue weighted by molar-refractivity contribution is 7.99. The van der Waals surface area contributed by atoms with E-state index in [0.29, 0.717) is 19.4 Å². The Labute approximate surface area is 185 Å². The third-order valence-corrected chi connectivity index (χ3v) is 8.87. The van der Waals surface area contributed by atoms with Crippen LogP contribution in [0.25, 0.3) is 0 Å². The van der Waals surface area contributed by atoms with Gasteiger partial charge in [0.05, 0.1) is 15.6 Å². The number of carbonyl (C=O) groups excluding carboxylic acids is 1. The first-order valence-corrected chi connectivity index (χ1v) is 12.7. The average Bonchev–Trinajstić information content (AvgIpc) is 2.98. The molecule has 0 atom stereocenters. The van der Waals surface area contributed by atoms with E-state index < -0.39 is 15.8 Å². The molecule has 2 aliphatic heterocycles. The lowest BCUT2D eigenvalue weighted by molar-refractivity contribution is -0.123. The summed E-state index contributed by atoms with van der Waals surface area (Å²) in [6.45, 7) is 1.17. The molecule has 4 rings (SSSR count). The number of anilines is 1. The van der Waals surface area contributed by atoms with Crippen molar-refractivity contribution >= 4 is 45.0 Å². The number of piperidine rings is 1. The van der Waals surface area contributed by atoms with Gasteiger partial charge >= 0.3 is 0 Å². The van der Waals surface area contributed by atoms with Crippen LogP contribution in [-0.4, -0.2) is 44.0 Å². The molecule has 0 spiro atoms. The summed E-state index contributed by atoms with van der Waals surface area (Å²) in [7, 11) is -3.78. The van der Waals surface area contributed by atoms with Crippen molar-refractivity contribution < 1.29 is 17.6 Å². The van der Waals surface area contributed by atoms with Crippen LogP contribution in [0.4, 0.5) is 10.1 Å². The number of fused-ring (bicyclic) bond motifs is 1. The number of carbonyl (C=O) groups is 1. The first-order valence-electron chi connectivity index (χ1n) is 9.86. The fourth-order valence-electron chi connectivity index (χ4n) is 3.91.